The summed E-state index contributed by atoms with van der Waals surface area (Å²) in [4.78, 5) is 21.2. The highest BCUT2D eigenvalue weighted by atomic mass is 19.1. The van der Waals surface area contributed by atoms with E-state index in [-0.39, 0.29) is 6.54 Å². The molecule has 6 nitrogen and oxygen atoms in total. The fourth-order valence-corrected chi connectivity index (χ4v) is 1.32. The van der Waals surface area contributed by atoms with Crippen molar-refractivity contribution in [3.05, 3.63) is 39.4 Å². The molecule has 0 atom stereocenters. The molecule has 0 aliphatic rings. The summed E-state index contributed by atoms with van der Waals surface area (Å²) in [5, 5.41) is 21.5. The molecule has 0 saturated heterocycles. The lowest BCUT2D eigenvalue weighted by Crippen LogP contribution is -2.34. The van der Waals surface area contributed by atoms with Gasteiger partial charge in [-0.1, -0.05) is 0 Å². The van der Waals surface area contributed by atoms with Crippen molar-refractivity contribution in [2.24, 2.45) is 5.41 Å². The normalized spacial score (nSPS) is 10.8. The zero-order valence-electron chi connectivity index (χ0n) is 10.7. The summed E-state index contributed by atoms with van der Waals surface area (Å²) in [6, 6.07) is 3.18. The number of hydrogen-bond acceptors (Lipinski definition) is 4. The van der Waals surface area contributed by atoms with Gasteiger partial charge >= 0.3 is 5.69 Å². The number of benzene rings is 1. The molecule has 0 bridgehead atoms. The molecule has 0 aliphatic heterocycles. The first kappa shape index (κ1) is 15.5. The number of nitrogens with one attached hydrogen (secondary N) is 1. The Morgan fingerprint density at radius 3 is 2.60 bits per heavy atom. The molecule has 20 heavy (non-hydrogen) atoms. The van der Waals surface area contributed by atoms with Crippen LogP contribution in [-0.2, 0) is 0 Å². The third kappa shape index (κ3) is 3.26. The van der Waals surface area contributed by atoms with Crippen LogP contribution in [0.3, 0.4) is 0 Å². The third-order valence-electron chi connectivity index (χ3n) is 2.49. The molecule has 0 heterocycles. The molecule has 1 N–H and O–H groups in total. The van der Waals surface area contributed by atoms with Crippen LogP contribution in [-0.4, -0.2) is 17.4 Å². The molecule has 1 aromatic carbocycles. The highest BCUT2D eigenvalue weighted by Crippen LogP contribution is 2.23. The van der Waals surface area contributed by atoms with Gasteiger partial charge in [-0.2, -0.15) is 9.65 Å². The minimum Gasteiger partial charge on any atom is -0.350 e. The van der Waals surface area contributed by atoms with Gasteiger partial charge in [0, 0.05) is 12.6 Å². The van der Waals surface area contributed by atoms with E-state index in [2.05, 4.69) is 5.32 Å². The van der Waals surface area contributed by atoms with E-state index in [1.807, 2.05) is 6.07 Å². The summed E-state index contributed by atoms with van der Waals surface area (Å²) in [6.07, 6.45) is 0. The number of rotatable bonds is 4. The number of nitriles is 1. The first-order chi connectivity index (χ1) is 9.19. The van der Waals surface area contributed by atoms with Gasteiger partial charge in [0.2, 0.25) is 5.82 Å². The van der Waals surface area contributed by atoms with Crippen LogP contribution in [0, 0.1) is 38.5 Å². The lowest BCUT2D eigenvalue weighted by molar-refractivity contribution is -0.387. The average molecular weight is 283 g/mol. The number of nitro groups is 1. The molecule has 0 fully saturated rings. The Labute approximate surface area is 113 Å². The zero-order valence-corrected chi connectivity index (χ0v) is 10.7. The fraction of sp³-hybridized carbons (Fsp3) is 0.333. The van der Waals surface area contributed by atoms with Gasteiger partial charge in [-0.05, 0) is 19.9 Å². The van der Waals surface area contributed by atoms with Gasteiger partial charge in [0.25, 0.3) is 5.91 Å². The van der Waals surface area contributed by atoms with Crippen molar-refractivity contribution < 1.29 is 18.5 Å². The van der Waals surface area contributed by atoms with Gasteiger partial charge in [-0.25, -0.2) is 4.39 Å². The molecule has 0 saturated carbocycles. The van der Waals surface area contributed by atoms with E-state index in [4.69, 9.17) is 5.26 Å². The Kier molecular flexibility index (Phi) is 4.34. The molecule has 1 amide bonds. The summed E-state index contributed by atoms with van der Waals surface area (Å²) in [7, 11) is 0. The maximum absolute atomic E-state index is 13.7. The number of halogens is 2. The second kappa shape index (κ2) is 5.61. The van der Waals surface area contributed by atoms with Gasteiger partial charge in [-0.3, -0.25) is 14.9 Å². The first-order valence-corrected chi connectivity index (χ1v) is 5.51. The van der Waals surface area contributed by atoms with Crippen molar-refractivity contribution in [2.45, 2.75) is 13.8 Å². The van der Waals surface area contributed by atoms with E-state index in [1.165, 1.54) is 13.8 Å². The summed E-state index contributed by atoms with van der Waals surface area (Å²) in [5.41, 5.74) is -2.95. The molecule has 8 heteroatoms. The Morgan fingerprint density at radius 1 is 1.50 bits per heavy atom. The van der Waals surface area contributed by atoms with Crippen molar-refractivity contribution >= 4 is 11.6 Å². The second-order valence-corrected chi connectivity index (χ2v) is 4.69. The van der Waals surface area contributed by atoms with Crippen LogP contribution in [0.1, 0.15) is 24.2 Å². The smallest absolute Gasteiger partial charge is 0.305 e. The number of amides is 1. The zero-order chi connectivity index (χ0) is 15.5. The maximum Gasteiger partial charge on any atom is 0.305 e. The van der Waals surface area contributed by atoms with E-state index < -0.39 is 39.1 Å². The van der Waals surface area contributed by atoms with Gasteiger partial charge in [0.1, 0.15) is 11.4 Å². The van der Waals surface area contributed by atoms with E-state index in [1.54, 1.807) is 0 Å². The monoisotopic (exact) mass is 283 g/mol. The average Bonchev–Trinajstić information content (AvgIpc) is 2.36. The summed E-state index contributed by atoms with van der Waals surface area (Å²) in [6.45, 7) is 2.89. The summed E-state index contributed by atoms with van der Waals surface area (Å²) >= 11 is 0. The van der Waals surface area contributed by atoms with Gasteiger partial charge in [0.15, 0.2) is 0 Å². The van der Waals surface area contributed by atoms with Crippen LogP contribution in [0.2, 0.25) is 0 Å². The first-order valence-electron chi connectivity index (χ1n) is 5.51. The number of carbonyl (C=O) groups excluding carboxylic acids is 1. The van der Waals surface area contributed by atoms with Crippen LogP contribution in [0.5, 0.6) is 0 Å². The Bertz CT molecular complexity index is 609. The Balaban J connectivity index is 3.08. The molecule has 0 aromatic heterocycles. The molecule has 0 radical (unpaired) electrons. The minimum absolute atomic E-state index is 0.149. The number of nitro benzene ring substituents is 1. The standard InChI is InChI=1S/C12H11F2N3O3/c1-12(2,5-15)6-16-11(18)9-7(13)3-4-8(10(9)14)17(19)20/h3-4H,6H2,1-2H3,(H,16,18). The number of hydrogen-bond donors (Lipinski definition) is 1. The fourth-order valence-electron chi connectivity index (χ4n) is 1.32. The number of carbonyl (C=O) groups is 1. The summed E-state index contributed by atoms with van der Waals surface area (Å²) in [5.74, 6) is -3.89. The molecular formula is C12H11F2N3O3. The van der Waals surface area contributed by atoms with E-state index >= 15 is 0 Å². The van der Waals surface area contributed by atoms with Gasteiger partial charge < -0.3 is 5.32 Å². The Morgan fingerprint density at radius 2 is 2.10 bits per heavy atom. The SMILES string of the molecule is CC(C)(C#N)CNC(=O)c1c(F)ccc([N+](=O)[O-])c1F. The van der Waals surface area contributed by atoms with Crippen LogP contribution in [0.15, 0.2) is 12.1 Å². The molecule has 1 rings (SSSR count). The van der Waals surface area contributed by atoms with E-state index in [0.717, 1.165) is 0 Å². The predicted molar refractivity (Wildman–Crippen MR) is 64.7 cm³/mol. The minimum atomic E-state index is -1.54. The van der Waals surface area contributed by atoms with Crippen molar-refractivity contribution in [1.82, 2.24) is 5.32 Å². The third-order valence-corrected chi connectivity index (χ3v) is 2.49. The van der Waals surface area contributed by atoms with Crippen molar-refractivity contribution in [3.63, 3.8) is 0 Å². The summed E-state index contributed by atoms with van der Waals surface area (Å²) < 4.78 is 27.2. The van der Waals surface area contributed by atoms with E-state index in [0.29, 0.717) is 12.1 Å². The van der Waals surface area contributed by atoms with Crippen molar-refractivity contribution in [3.8, 4) is 6.07 Å². The molecule has 1 aromatic rings. The highest BCUT2D eigenvalue weighted by Gasteiger charge is 2.27. The topological polar surface area (TPSA) is 96.0 Å². The lowest BCUT2D eigenvalue weighted by atomic mass is 9.96. The molecule has 0 spiro atoms. The van der Waals surface area contributed by atoms with Crippen LogP contribution in [0.4, 0.5) is 14.5 Å². The van der Waals surface area contributed by atoms with E-state index in [9.17, 15) is 23.7 Å². The van der Waals surface area contributed by atoms with Crippen LogP contribution < -0.4 is 5.32 Å². The molecular weight excluding hydrogens is 272 g/mol. The Hall–Kier alpha value is -2.56. The van der Waals surface area contributed by atoms with Crippen molar-refractivity contribution in [2.75, 3.05) is 6.54 Å². The molecule has 106 valence electrons. The molecule has 0 aliphatic carbocycles. The quantitative estimate of drug-likeness (QED) is 0.676. The van der Waals surface area contributed by atoms with Crippen molar-refractivity contribution in [1.29, 1.82) is 5.26 Å². The van der Waals surface area contributed by atoms with Gasteiger partial charge in [0.05, 0.1) is 16.4 Å². The lowest BCUT2D eigenvalue weighted by Gasteiger charge is -2.16. The molecule has 0 unspecified atom stereocenters. The number of nitrogens with zero attached hydrogens (tertiary/aromatic N) is 2. The van der Waals surface area contributed by atoms with Crippen LogP contribution >= 0.6 is 0 Å². The largest absolute Gasteiger partial charge is 0.350 e. The van der Waals surface area contributed by atoms with Crippen LogP contribution in [0.25, 0.3) is 0 Å². The second-order valence-electron chi connectivity index (χ2n) is 4.69. The highest BCUT2D eigenvalue weighted by molar-refractivity contribution is 5.95. The predicted octanol–water partition coefficient (Wildman–Crippen LogP) is 2.15. The van der Waals surface area contributed by atoms with Gasteiger partial charge in [-0.15, -0.1) is 0 Å². The maximum atomic E-state index is 13.7.